The zero-order chi connectivity index (χ0) is 8.27. The lowest BCUT2D eigenvalue weighted by atomic mass is 9.99. The molecule has 3 heteroatoms. The lowest BCUT2D eigenvalue weighted by Gasteiger charge is -2.28. The van der Waals surface area contributed by atoms with Crippen molar-refractivity contribution in [3.63, 3.8) is 0 Å². The highest BCUT2D eigenvalue weighted by atomic mass is 35.5. The molecule has 1 fully saturated rings. The summed E-state index contributed by atoms with van der Waals surface area (Å²) in [7, 11) is 0. The van der Waals surface area contributed by atoms with Gasteiger partial charge in [0.15, 0.2) is 0 Å². The minimum absolute atomic E-state index is 0.119. The third-order valence-corrected chi connectivity index (χ3v) is 2.14. The van der Waals surface area contributed by atoms with Crippen LogP contribution in [0.5, 0.6) is 0 Å². The van der Waals surface area contributed by atoms with Gasteiger partial charge in [-0.1, -0.05) is 18.2 Å². The topological polar surface area (TPSA) is 32.3 Å². The van der Waals surface area contributed by atoms with Crippen LogP contribution in [0.1, 0.15) is 19.3 Å². The van der Waals surface area contributed by atoms with Crippen molar-refractivity contribution in [2.24, 2.45) is 0 Å². The largest absolute Gasteiger partial charge is 0.391 e. The van der Waals surface area contributed by atoms with Crippen molar-refractivity contribution >= 4 is 11.6 Å². The average molecular weight is 176 g/mol. The number of rotatable bonds is 2. The van der Waals surface area contributed by atoms with Crippen LogP contribution in [0.2, 0.25) is 0 Å². The first kappa shape index (κ1) is 9.04. The highest BCUT2D eigenvalue weighted by Gasteiger charge is 2.22. The number of hydrogen-bond donors (Lipinski definition) is 2. The molecule has 0 aromatic heterocycles. The summed E-state index contributed by atoms with van der Waals surface area (Å²) >= 11 is 5.63. The van der Waals surface area contributed by atoms with Gasteiger partial charge in [-0.2, -0.15) is 0 Å². The Bertz CT molecular complexity index is 149. The Morgan fingerprint density at radius 1 is 1.73 bits per heavy atom. The Kier molecular flexibility index (Phi) is 3.37. The van der Waals surface area contributed by atoms with Crippen LogP contribution in [0.25, 0.3) is 0 Å². The van der Waals surface area contributed by atoms with Gasteiger partial charge >= 0.3 is 0 Å². The van der Waals surface area contributed by atoms with E-state index in [4.69, 9.17) is 11.6 Å². The average Bonchev–Trinajstić information content (AvgIpc) is 1.93. The van der Waals surface area contributed by atoms with E-state index in [1.165, 1.54) is 0 Å². The number of halogens is 1. The maximum Gasteiger partial charge on any atom is 0.0697 e. The van der Waals surface area contributed by atoms with Gasteiger partial charge in [0.05, 0.1) is 6.10 Å². The third-order valence-electron chi connectivity index (χ3n) is 1.99. The smallest absolute Gasteiger partial charge is 0.0697 e. The lowest BCUT2D eigenvalue weighted by Crippen LogP contribution is -2.44. The van der Waals surface area contributed by atoms with Crippen LogP contribution in [0.15, 0.2) is 11.6 Å². The summed E-state index contributed by atoms with van der Waals surface area (Å²) in [6, 6.07) is 0.119. The molecule has 1 saturated heterocycles. The van der Waals surface area contributed by atoms with Gasteiger partial charge in [0, 0.05) is 17.5 Å². The van der Waals surface area contributed by atoms with E-state index in [2.05, 4.69) is 11.9 Å². The van der Waals surface area contributed by atoms with Crippen molar-refractivity contribution in [2.45, 2.75) is 31.4 Å². The Hall–Kier alpha value is -0.0500. The molecule has 1 rings (SSSR count). The van der Waals surface area contributed by atoms with Gasteiger partial charge in [0.2, 0.25) is 0 Å². The van der Waals surface area contributed by atoms with Crippen LogP contribution < -0.4 is 5.32 Å². The van der Waals surface area contributed by atoms with Crippen molar-refractivity contribution in [1.82, 2.24) is 5.32 Å². The van der Waals surface area contributed by atoms with E-state index >= 15 is 0 Å². The Morgan fingerprint density at radius 2 is 2.45 bits per heavy atom. The first-order valence-electron chi connectivity index (χ1n) is 3.95. The van der Waals surface area contributed by atoms with Gasteiger partial charge < -0.3 is 10.4 Å². The summed E-state index contributed by atoms with van der Waals surface area (Å²) in [5.41, 5.74) is 0. The summed E-state index contributed by atoms with van der Waals surface area (Å²) in [5.74, 6) is 0. The third kappa shape index (κ3) is 2.81. The molecule has 1 aliphatic heterocycles. The molecule has 2 atom stereocenters. The molecule has 64 valence electrons. The Labute approximate surface area is 72.2 Å². The van der Waals surface area contributed by atoms with E-state index in [-0.39, 0.29) is 12.1 Å². The normalized spacial score (nSPS) is 31.8. The fourth-order valence-corrected chi connectivity index (χ4v) is 1.55. The van der Waals surface area contributed by atoms with E-state index in [9.17, 15) is 5.11 Å². The second kappa shape index (κ2) is 4.10. The number of nitrogens with one attached hydrogen (secondary N) is 1. The predicted octanol–water partition coefficient (Wildman–Crippen LogP) is 1.24. The first-order chi connectivity index (χ1) is 5.20. The predicted molar refractivity (Wildman–Crippen MR) is 46.6 cm³/mol. The monoisotopic (exact) mass is 175 g/mol. The van der Waals surface area contributed by atoms with E-state index in [0.717, 1.165) is 19.4 Å². The first-order valence-corrected chi connectivity index (χ1v) is 4.32. The van der Waals surface area contributed by atoms with Crippen molar-refractivity contribution < 1.29 is 5.11 Å². The van der Waals surface area contributed by atoms with Crippen LogP contribution >= 0.6 is 11.6 Å². The van der Waals surface area contributed by atoms with Crippen LogP contribution in [-0.4, -0.2) is 23.8 Å². The Morgan fingerprint density at radius 3 is 3.00 bits per heavy atom. The minimum Gasteiger partial charge on any atom is -0.391 e. The van der Waals surface area contributed by atoms with Crippen LogP contribution in [0.3, 0.4) is 0 Å². The molecule has 0 aliphatic carbocycles. The fourth-order valence-electron chi connectivity index (χ4n) is 1.38. The summed E-state index contributed by atoms with van der Waals surface area (Å²) in [5, 5.41) is 13.3. The number of aliphatic hydroxyl groups is 1. The van der Waals surface area contributed by atoms with Crippen molar-refractivity contribution in [2.75, 3.05) is 6.54 Å². The zero-order valence-corrected chi connectivity index (χ0v) is 7.27. The maximum absolute atomic E-state index is 9.46. The molecule has 0 saturated carbocycles. The summed E-state index contributed by atoms with van der Waals surface area (Å²) in [6.45, 7) is 4.58. The molecule has 11 heavy (non-hydrogen) atoms. The van der Waals surface area contributed by atoms with Crippen molar-refractivity contribution in [3.05, 3.63) is 11.6 Å². The molecule has 2 unspecified atom stereocenters. The molecule has 0 aromatic carbocycles. The van der Waals surface area contributed by atoms with Gasteiger partial charge in [-0.3, -0.25) is 0 Å². The SMILES string of the molecule is C=C(Cl)CC1NCCCC1O. The highest BCUT2D eigenvalue weighted by molar-refractivity contribution is 6.29. The van der Waals surface area contributed by atoms with Gasteiger partial charge in [-0.15, -0.1) is 0 Å². The van der Waals surface area contributed by atoms with E-state index in [1.54, 1.807) is 0 Å². The van der Waals surface area contributed by atoms with Gasteiger partial charge in [-0.25, -0.2) is 0 Å². The summed E-state index contributed by atoms with van der Waals surface area (Å²) in [6.07, 6.45) is 2.34. The molecule has 0 amide bonds. The van der Waals surface area contributed by atoms with Crippen molar-refractivity contribution in [3.8, 4) is 0 Å². The molecule has 1 aliphatic rings. The van der Waals surface area contributed by atoms with Crippen LogP contribution in [0, 0.1) is 0 Å². The van der Waals surface area contributed by atoms with Crippen molar-refractivity contribution in [1.29, 1.82) is 0 Å². The number of piperidine rings is 1. The van der Waals surface area contributed by atoms with E-state index in [0.29, 0.717) is 11.5 Å². The molecule has 1 heterocycles. The quantitative estimate of drug-likeness (QED) is 0.662. The lowest BCUT2D eigenvalue weighted by molar-refractivity contribution is 0.0971. The molecule has 0 radical (unpaired) electrons. The molecular weight excluding hydrogens is 162 g/mol. The number of hydrogen-bond acceptors (Lipinski definition) is 2. The van der Waals surface area contributed by atoms with Gasteiger partial charge in [0.1, 0.15) is 0 Å². The van der Waals surface area contributed by atoms with Gasteiger partial charge in [0.25, 0.3) is 0 Å². The van der Waals surface area contributed by atoms with Crippen LogP contribution in [0.4, 0.5) is 0 Å². The summed E-state index contributed by atoms with van der Waals surface area (Å²) < 4.78 is 0. The second-order valence-electron chi connectivity index (χ2n) is 2.99. The molecular formula is C8H14ClNO. The summed E-state index contributed by atoms with van der Waals surface area (Å²) in [4.78, 5) is 0. The molecule has 0 bridgehead atoms. The second-order valence-corrected chi connectivity index (χ2v) is 3.53. The van der Waals surface area contributed by atoms with Gasteiger partial charge in [-0.05, 0) is 19.4 Å². The molecule has 0 spiro atoms. The van der Waals surface area contributed by atoms with E-state index in [1.807, 2.05) is 0 Å². The highest BCUT2D eigenvalue weighted by Crippen LogP contribution is 2.16. The molecule has 2 nitrogen and oxygen atoms in total. The standard InChI is InChI=1S/C8H14ClNO/c1-6(9)5-7-8(11)3-2-4-10-7/h7-8,10-11H,1-5H2. The minimum atomic E-state index is -0.251. The molecule has 0 aromatic rings. The molecule has 2 N–H and O–H groups in total. The maximum atomic E-state index is 9.46. The van der Waals surface area contributed by atoms with Crippen LogP contribution in [-0.2, 0) is 0 Å². The number of aliphatic hydroxyl groups excluding tert-OH is 1. The van der Waals surface area contributed by atoms with E-state index < -0.39 is 0 Å². The Balaban J connectivity index is 2.35. The zero-order valence-electron chi connectivity index (χ0n) is 6.52. The fraction of sp³-hybridized carbons (Fsp3) is 0.750.